The number of ether oxygens (including phenoxy) is 3. The molecule has 0 amide bonds. The van der Waals surface area contributed by atoms with E-state index in [2.05, 4.69) is 209 Å². The van der Waals surface area contributed by atoms with Crippen LogP contribution in [-0.4, -0.2) is 95.9 Å². The smallest absolute Gasteiger partial charge is 0.463 e. The predicted molar refractivity (Wildman–Crippen MR) is 481 cm³/mol. The van der Waals surface area contributed by atoms with E-state index < -0.39 is 91.5 Å². The fourth-order valence-corrected chi connectivity index (χ4v) is 13.0. The van der Waals surface area contributed by atoms with E-state index >= 15 is 0 Å². The summed E-state index contributed by atoms with van der Waals surface area (Å²) in [6.07, 6.45) is 118. The highest BCUT2D eigenvalue weighted by molar-refractivity contribution is 7.47. The quantitative estimate of drug-likeness (QED) is 0.0146. The molecule has 0 rings (SSSR count). The van der Waals surface area contributed by atoms with Gasteiger partial charge in [0.2, 0.25) is 0 Å². The van der Waals surface area contributed by atoms with Gasteiger partial charge in [0.25, 0.3) is 0 Å². The van der Waals surface area contributed by atoms with Crippen molar-refractivity contribution in [2.75, 3.05) is 39.6 Å². The number of phosphoric ester groups is 2. The molecule has 5 unspecified atom stereocenters. The summed E-state index contributed by atoms with van der Waals surface area (Å²) in [5.74, 6) is -1.69. The molecular formula is C97H158O16P2. The van der Waals surface area contributed by atoms with Crippen LogP contribution in [0.25, 0.3) is 0 Å². The molecule has 5 atom stereocenters. The third-order valence-corrected chi connectivity index (χ3v) is 19.9. The summed E-state index contributed by atoms with van der Waals surface area (Å²) in [6, 6.07) is 0. The lowest BCUT2D eigenvalue weighted by molar-refractivity contribution is -0.161. The van der Waals surface area contributed by atoms with Gasteiger partial charge in [0, 0.05) is 19.3 Å². The maximum atomic E-state index is 13.0. The maximum Gasteiger partial charge on any atom is 0.472 e. The summed E-state index contributed by atoms with van der Waals surface area (Å²) in [6.45, 7) is 2.25. The molecule has 18 heteroatoms. The predicted octanol–water partition coefficient (Wildman–Crippen LogP) is 27.2. The molecule has 0 aliphatic heterocycles. The van der Waals surface area contributed by atoms with E-state index in [4.69, 9.17) is 32.3 Å². The van der Waals surface area contributed by atoms with Gasteiger partial charge in [-0.15, -0.1) is 0 Å². The van der Waals surface area contributed by atoms with Crippen LogP contribution in [0.2, 0.25) is 0 Å². The van der Waals surface area contributed by atoms with Crippen molar-refractivity contribution in [1.29, 1.82) is 0 Å². The Morgan fingerprint density at radius 1 is 0.243 bits per heavy atom. The van der Waals surface area contributed by atoms with Crippen LogP contribution < -0.4 is 0 Å². The second-order valence-electron chi connectivity index (χ2n) is 28.9. The molecule has 0 radical (unpaired) electrons. The number of phosphoric acid groups is 2. The zero-order chi connectivity index (χ0) is 83.6. The van der Waals surface area contributed by atoms with E-state index in [9.17, 15) is 43.5 Å². The minimum absolute atomic E-state index is 0.0300. The van der Waals surface area contributed by atoms with Crippen LogP contribution in [0.15, 0.2) is 207 Å². The lowest BCUT2D eigenvalue weighted by atomic mass is 10.0. The van der Waals surface area contributed by atoms with Gasteiger partial charge in [0.15, 0.2) is 6.10 Å². The van der Waals surface area contributed by atoms with Crippen LogP contribution in [0.4, 0.5) is 0 Å². The third-order valence-electron chi connectivity index (χ3n) is 18.0. The molecule has 652 valence electrons. The van der Waals surface area contributed by atoms with Crippen LogP contribution in [-0.2, 0) is 55.8 Å². The highest BCUT2D eigenvalue weighted by Crippen LogP contribution is 2.45. The Morgan fingerprint density at radius 2 is 0.452 bits per heavy atom. The zero-order valence-electron chi connectivity index (χ0n) is 71.6. The number of carbonyl (C=O) groups excluding carboxylic acids is 3. The normalized spacial score (nSPS) is 14.8. The fraction of sp³-hybridized carbons (Fsp3) is 0.619. The van der Waals surface area contributed by atoms with E-state index in [0.29, 0.717) is 25.7 Å². The number of hydrogen-bond donors (Lipinski definition) is 4. The molecule has 16 nitrogen and oxygen atoms in total. The Morgan fingerprint density at radius 3 is 0.722 bits per heavy atom. The SMILES string of the molecule is CC/C=C\C/C=C\C/C=C\C/C=C\C/C=C\C/C=C\CCCCCCCCCCC(=O)OCC(COP(=O)(O)OCC(O)COP(=O)(O)OCC(O)COC(=O)CCCCCCCCCCCCCCCCCCC/C=C\C/C=C\C/C=C\C/C=C\C/C=C\CC)OC(=O)CC/C=C\C/C=C\C/C=C\C/C=C\C/C=C\C/C=C\CC. The number of esters is 3. The molecule has 0 aliphatic rings. The molecule has 115 heavy (non-hydrogen) atoms. The van der Waals surface area contributed by atoms with Gasteiger partial charge in [0.1, 0.15) is 25.4 Å². The lowest BCUT2D eigenvalue weighted by Crippen LogP contribution is -2.29. The molecule has 0 saturated heterocycles. The van der Waals surface area contributed by atoms with Crippen molar-refractivity contribution in [2.45, 2.75) is 347 Å². The molecule has 0 aromatic heterocycles. The average molecular weight is 1640 g/mol. The zero-order valence-corrected chi connectivity index (χ0v) is 73.4. The summed E-state index contributed by atoms with van der Waals surface area (Å²) in [5.41, 5.74) is 0. The van der Waals surface area contributed by atoms with Gasteiger partial charge in [-0.1, -0.05) is 362 Å². The van der Waals surface area contributed by atoms with Crippen molar-refractivity contribution in [3.8, 4) is 0 Å². The molecule has 0 saturated carbocycles. The first-order valence-electron chi connectivity index (χ1n) is 44.4. The standard InChI is InChI=1S/C97H158O16P2/c1-4-7-10-13-16-19-22-25-28-31-34-36-38-40-42-43-44-45-46-47-49-51-52-54-57-59-62-65-68-71-74-77-80-83-95(100)107-86-92(98)87-109-114(103,104)110-88-93(99)89-111-115(105,106)112-91-94(113-97(102)85-82-79-76-73-70-67-64-61-56-33-30-27-24-21-18-15-12-9-6-3)90-108-96(101)84-81-78-75-72-69-66-63-60-58-55-53-50-48-41-39-37-35-32-29-26-23-20-17-14-11-8-5-2/h7-12,16-21,25-30,34-37,40-42,48,53,55-56,61,67,70,76,79,92-94,98-99H,4-6,13-15,22-24,31-33,38-39,43-47,49-52,54,57-60,62-66,68-69,71-75,77-78,80-91H2,1-3H3,(H,103,104)(H,105,106)/b10-7-,11-8-,12-9-,19-16-,20-17-,21-18-,28-25-,29-26-,30-27-,36-34-,37-35-,42-40-,48-41-,55-53-,61-56-,70-67-,79-76-. The molecule has 4 N–H and O–H groups in total. The first-order valence-corrected chi connectivity index (χ1v) is 47.4. The molecule has 0 bridgehead atoms. The third kappa shape index (κ3) is 88.8. The van der Waals surface area contributed by atoms with Crippen LogP contribution in [0, 0.1) is 0 Å². The molecule has 0 fully saturated rings. The van der Waals surface area contributed by atoms with Gasteiger partial charge < -0.3 is 34.2 Å². The lowest BCUT2D eigenvalue weighted by Gasteiger charge is -2.21. The maximum absolute atomic E-state index is 13.0. The van der Waals surface area contributed by atoms with Crippen molar-refractivity contribution in [3.63, 3.8) is 0 Å². The summed E-state index contributed by atoms with van der Waals surface area (Å²) in [7, 11) is -9.84. The first kappa shape index (κ1) is 109. The number of allylic oxidation sites excluding steroid dienone is 34. The van der Waals surface area contributed by atoms with Gasteiger partial charge in [0.05, 0.1) is 26.4 Å². The summed E-state index contributed by atoms with van der Waals surface area (Å²) in [4.78, 5) is 58.9. The number of hydrogen-bond acceptors (Lipinski definition) is 14. The van der Waals surface area contributed by atoms with Crippen LogP contribution in [0.1, 0.15) is 329 Å². The van der Waals surface area contributed by atoms with Gasteiger partial charge in [-0.2, -0.15) is 0 Å². The molecule has 0 heterocycles. The highest BCUT2D eigenvalue weighted by Gasteiger charge is 2.29. The van der Waals surface area contributed by atoms with Crippen molar-refractivity contribution in [3.05, 3.63) is 207 Å². The minimum atomic E-state index is -4.97. The minimum Gasteiger partial charge on any atom is -0.463 e. The van der Waals surface area contributed by atoms with Crippen molar-refractivity contribution in [1.82, 2.24) is 0 Å². The van der Waals surface area contributed by atoms with E-state index in [1.54, 1.807) is 0 Å². The van der Waals surface area contributed by atoms with Crippen molar-refractivity contribution in [2.24, 2.45) is 0 Å². The topological polar surface area (TPSA) is 231 Å². The van der Waals surface area contributed by atoms with Crippen LogP contribution >= 0.6 is 15.6 Å². The van der Waals surface area contributed by atoms with E-state index in [-0.39, 0.29) is 19.3 Å². The average Bonchev–Trinajstić information content (AvgIpc) is 0.902. The number of aliphatic hydroxyl groups excluding tert-OH is 2. The number of unbranched alkanes of at least 4 members (excludes halogenated alkanes) is 25. The van der Waals surface area contributed by atoms with Gasteiger partial charge in [-0.25, -0.2) is 9.13 Å². The van der Waals surface area contributed by atoms with Crippen LogP contribution in [0.5, 0.6) is 0 Å². The Kier molecular flexibility index (Phi) is 83.0. The summed E-state index contributed by atoms with van der Waals surface area (Å²) in [5, 5.41) is 20.7. The number of rotatable bonds is 82. The monoisotopic (exact) mass is 1640 g/mol. The van der Waals surface area contributed by atoms with Gasteiger partial charge in [-0.3, -0.25) is 32.5 Å². The molecule has 0 aromatic rings. The van der Waals surface area contributed by atoms with Crippen molar-refractivity contribution < 1.29 is 75.8 Å². The molecule has 0 aromatic carbocycles. The summed E-state index contributed by atoms with van der Waals surface area (Å²) < 4.78 is 61.3. The van der Waals surface area contributed by atoms with E-state index in [1.165, 1.54) is 96.3 Å². The Hall–Kier alpha value is -5.87. The molecule has 0 aliphatic carbocycles. The molecule has 0 spiro atoms. The summed E-state index contributed by atoms with van der Waals surface area (Å²) >= 11 is 0. The second kappa shape index (κ2) is 87.4. The van der Waals surface area contributed by atoms with Gasteiger partial charge >= 0.3 is 33.6 Å². The first-order chi connectivity index (χ1) is 56.2. The van der Waals surface area contributed by atoms with E-state index in [0.717, 1.165) is 167 Å². The van der Waals surface area contributed by atoms with Crippen molar-refractivity contribution >= 4 is 33.6 Å². The Bertz CT molecular complexity index is 2920. The highest BCUT2D eigenvalue weighted by atomic mass is 31.2. The fourth-order valence-electron chi connectivity index (χ4n) is 11.4. The van der Waals surface area contributed by atoms with E-state index in [1.807, 2.05) is 18.2 Å². The largest absolute Gasteiger partial charge is 0.472 e. The Labute approximate surface area is 699 Å². The van der Waals surface area contributed by atoms with Crippen LogP contribution in [0.3, 0.4) is 0 Å². The number of carbonyl (C=O) groups is 3. The van der Waals surface area contributed by atoms with Gasteiger partial charge in [-0.05, 0) is 154 Å². The number of aliphatic hydroxyl groups is 2. The second-order valence-corrected chi connectivity index (χ2v) is 31.8. The molecular weight excluding hydrogens is 1480 g/mol. The Balaban J connectivity index is 4.60.